The summed E-state index contributed by atoms with van der Waals surface area (Å²) in [5.41, 5.74) is 4.62. The molecule has 1 amide bonds. The molecular weight excluding hydrogens is 456 g/mol. The molecule has 0 aliphatic rings. The number of halogens is 1. The van der Waals surface area contributed by atoms with Gasteiger partial charge in [0, 0.05) is 10.6 Å². The molecule has 0 aliphatic carbocycles. The molecule has 0 aliphatic heterocycles. The Labute approximate surface area is 204 Å². The van der Waals surface area contributed by atoms with Crippen LogP contribution >= 0.6 is 11.6 Å². The molecule has 0 fully saturated rings. The van der Waals surface area contributed by atoms with Gasteiger partial charge in [0.25, 0.3) is 5.91 Å². The molecule has 3 aromatic rings. The van der Waals surface area contributed by atoms with Crippen LogP contribution in [-0.2, 0) is 6.61 Å². The number of hydrogen-bond donors (Lipinski definition) is 1. The first-order chi connectivity index (χ1) is 16.5. The number of amides is 1. The summed E-state index contributed by atoms with van der Waals surface area (Å²) < 4.78 is 22.4. The highest BCUT2D eigenvalue weighted by Crippen LogP contribution is 2.30. The minimum Gasteiger partial charge on any atom is -0.493 e. The maximum absolute atomic E-state index is 12.5. The van der Waals surface area contributed by atoms with Crippen LogP contribution in [0, 0.1) is 0 Å². The monoisotopic (exact) mass is 482 g/mol. The van der Waals surface area contributed by atoms with E-state index >= 15 is 0 Å². The third-order valence-electron chi connectivity index (χ3n) is 4.66. The summed E-state index contributed by atoms with van der Waals surface area (Å²) in [6, 6.07) is 17.9. The van der Waals surface area contributed by atoms with Crippen molar-refractivity contribution in [3.05, 3.63) is 82.4 Å². The number of hydrazone groups is 1. The Bertz CT molecular complexity index is 1150. The maximum Gasteiger partial charge on any atom is 0.271 e. The summed E-state index contributed by atoms with van der Waals surface area (Å²) in [5.74, 6) is 1.87. The van der Waals surface area contributed by atoms with Gasteiger partial charge in [-0.1, -0.05) is 23.7 Å². The van der Waals surface area contributed by atoms with Crippen molar-refractivity contribution < 1.29 is 23.7 Å². The number of carbonyl (C=O) groups excluding carboxylic acids is 1. The molecule has 34 heavy (non-hydrogen) atoms. The van der Waals surface area contributed by atoms with Crippen LogP contribution in [0.15, 0.2) is 65.8 Å². The third-order valence-corrected chi connectivity index (χ3v) is 4.89. The van der Waals surface area contributed by atoms with E-state index in [1.54, 1.807) is 37.4 Å². The lowest BCUT2D eigenvalue weighted by Gasteiger charge is -2.13. The van der Waals surface area contributed by atoms with Crippen LogP contribution in [0.25, 0.3) is 0 Å². The number of carbonyl (C=O) groups is 1. The van der Waals surface area contributed by atoms with Gasteiger partial charge in [0.15, 0.2) is 23.0 Å². The van der Waals surface area contributed by atoms with Crippen molar-refractivity contribution >= 4 is 23.7 Å². The van der Waals surface area contributed by atoms with E-state index < -0.39 is 0 Å². The Balaban J connectivity index is 1.66. The summed E-state index contributed by atoms with van der Waals surface area (Å²) >= 11 is 6.04. The highest BCUT2D eigenvalue weighted by atomic mass is 35.5. The summed E-state index contributed by atoms with van der Waals surface area (Å²) in [5, 5.41) is 4.72. The summed E-state index contributed by atoms with van der Waals surface area (Å²) in [4.78, 5) is 12.5. The molecule has 0 atom stereocenters. The average Bonchev–Trinajstić information content (AvgIpc) is 2.84. The molecule has 0 bridgehead atoms. The molecule has 1 N–H and O–H groups in total. The van der Waals surface area contributed by atoms with Crippen molar-refractivity contribution in [3.63, 3.8) is 0 Å². The van der Waals surface area contributed by atoms with Gasteiger partial charge in [0.05, 0.1) is 26.5 Å². The molecule has 0 unspecified atom stereocenters. The van der Waals surface area contributed by atoms with Gasteiger partial charge in [0.2, 0.25) is 0 Å². The van der Waals surface area contributed by atoms with Crippen LogP contribution in [0.3, 0.4) is 0 Å². The third kappa shape index (κ3) is 6.89. The van der Waals surface area contributed by atoms with E-state index in [4.69, 9.17) is 30.5 Å². The second kappa shape index (κ2) is 12.5. The van der Waals surface area contributed by atoms with Gasteiger partial charge in [-0.2, -0.15) is 5.10 Å². The Morgan fingerprint density at radius 1 is 0.912 bits per heavy atom. The standard InChI is InChI=1S/C26H27ClN2O5/c1-4-32-24-14-18(9-11-23(24)34-17-19-7-6-8-21(27)13-19)16-28-29-26(30)20-10-12-22(31-3)25(15-20)33-5-2/h6-16H,4-5,17H2,1-3H3,(H,29,30)/b28-16+. The Morgan fingerprint density at radius 2 is 1.65 bits per heavy atom. The van der Waals surface area contributed by atoms with E-state index in [0.717, 1.165) is 11.1 Å². The fourth-order valence-corrected chi connectivity index (χ4v) is 3.31. The summed E-state index contributed by atoms with van der Waals surface area (Å²) in [6.07, 6.45) is 1.54. The van der Waals surface area contributed by atoms with Crippen LogP contribution in [0.5, 0.6) is 23.0 Å². The van der Waals surface area contributed by atoms with E-state index in [-0.39, 0.29) is 5.91 Å². The quantitative estimate of drug-likeness (QED) is 0.289. The zero-order valence-electron chi connectivity index (χ0n) is 19.3. The SMILES string of the molecule is CCOc1cc(C(=O)N/N=C/c2ccc(OCc3cccc(Cl)c3)c(OCC)c2)ccc1OC. The minimum absolute atomic E-state index is 0.357. The molecule has 0 saturated heterocycles. The highest BCUT2D eigenvalue weighted by molar-refractivity contribution is 6.30. The molecule has 3 aromatic carbocycles. The molecule has 3 rings (SSSR count). The Kier molecular flexibility index (Phi) is 9.17. The molecule has 8 heteroatoms. The van der Waals surface area contributed by atoms with E-state index in [9.17, 15) is 4.79 Å². The van der Waals surface area contributed by atoms with E-state index in [0.29, 0.717) is 53.4 Å². The molecular formula is C26H27ClN2O5. The van der Waals surface area contributed by atoms with Gasteiger partial charge < -0.3 is 18.9 Å². The van der Waals surface area contributed by atoms with Crippen molar-refractivity contribution in [2.75, 3.05) is 20.3 Å². The van der Waals surface area contributed by atoms with Gasteiger partial charge in [-0.15, -0.1) is 0 Å². The van der Waals surface area contributed by atoms with Crippen molar-refractivity contribution in [1.82, 2.24) is 5.43 Å². The zero-order valence-corrected chi connectivity index (χ0v) is 20.1. The van der Waals surface area contributed by atoms with Gasteiger partial charge in [0.1, 0.15) is 6.61 Å². The number of hydrogen-bond acceptors (Lipinski definition) is 6. The summed E-state index contributed by atoms with van der Waals surface area (Å²) in [7, 11) is 1.55. The highest BCUT2D eigenvalue weighted by Gasteiger charge is 2.11. The second-order valence-electron chi connectivity index (χ2n) is 7.06. The maximum atomic E-state index is 12.5. The average molecular weight is 483 g/mol. The number of benzene rings is 3. The molecule has 0 saturated carbocycles. The summed E-state index contributed by atoms with van der Waals surface area (Å²) in [6.45, 7) is 5.05. The minimum atomic E-state index is -0.369. The lowest BCUT2D eigenvalue weighted by atomic mass is 10.2. The topological polar surface area (TPSA) is 78.4 Å². The Morgan fingerprint density at radius 3 is 2.35 bits per heavy atom. The van der Waals surface area contributed by atoms with Crippen molar-refractivity contribution in [2.24, 2.45) is 5.10 Å². The fraction of sp³-hybridized carbons (Fsp3) is 0.231. The largest absolute Gasteiger partial charge is 0.493 e. The lowest BCUT2D eigenvalue weighted by Crippen LogP contribution is -2.17. The van der Waals surface area contributed by atoms with Crippen molar-refractivity contribution in [1.29, 1.82) is 0 Å². The molecule has 0 radical (unpaired) electrons. The predicted molar refractivity (Wildman–Crippen MR) is 133 cm³/mol. The lowest BCUT2D eigenvalue weighted by molar-refractivity contribution is 0.0954. The van der Waals surface area contributed by atoms with Crippen LogP contribution in [0.2, 0.25) is 5.02 Å². The number of nitrogens with one attached hydrogen (secondary N) is 1. The van der Waals surface area contributed by atoms with Crippen LogP contribution in [-0.4, -0.2) is 32.4 Å². The van der Waals surface area contributed by atoms with Crippen molar-refractivity contribution in [2.45, 2.75) is 20.5 Å². The van der Waals surface area contributed by atoms with Crippen molar-refractivity contribution in [3.8, 4) is 23.0 Å². The molecule has 0 aromatic heterocycles. The molecule has 7 nitrogen and oxygen atoms in total. The zero-order chi connectivity index (χ0) is 24.3. The van der Waals surface area contributed by atoms with E-state index in [1.165, 1.54) is 6.21 Å². The van der Waals surface area contributed by atoms with E-state index in [2.05, 4.69) is 10.5 Å². The normalized spacial score (nSPS) is 10.7. The van der Waals surface area contributed by atoms with Crippen LogP contribution in [0.1, 0.15) is 35.3 Å². The predicted octanol–water partition coefficient (Wildman–Crippen LogP) is 5.49. The number of methoxy groups -OCH3 is 1. The first-order valence-corrected chi connectivity index (χ1v) is 11.2. The van der Waals surface area contributed by atoms with E-state index in [1.807, 2.05) is 44.2 Å². The Hall–Kier alpha value is -3.71. The second-order valence-corrected chi connectivity index (χ2v) is 7.49. The first kappa shape index (κ1) is 24.9. The molecule has 0 heterocycles. The van der Waals surface area contributed by atoms with Gasteiger partial charge in [-0.05, 0) is 73.5 Å². The van der Waals surface area contributed by atoms with Gasteiger partial charge in [-0.3, -0.25) is 4.79 Å². The number of ether oxygens (including phenoxy) is 4. The first-order valence-electron chi connectivity index (χ1n) is 10.8. The number of rotatable bonds is 11. The fourth-order valence-electron chi connectivity index (χ4n) is 3.10. The van der Waals surface area contributed by atoms with Crippen LogP contribution < -0.4 is 24.4 Å². The molecule has 0 spiro atoms. The smallest absolute Gasteiger partial charge is 0.271 e. The molecule has 178 valence electrons. The number of nitrogens with zero attached hydrogens (tertiary/aromatic N) is 1. The van der Waals surface area contributed by atoms with Gasteiger partial charge in [-0.25, -0.2) is 5.43 Å². The van der Waals surface area contributed by atoms with Crippen LogP contribution in [0.4, 0.5) is 0 Å². The van der Waals surface area contributed by atoms with Gasteiger partial charge >= 0.3 is 0 Å².